The molecule has 1 fully saturated rings. The van der Waals surface area contributed by atoms with Crippen molar-refractivity contribution in [2.45, 2.75) is 45.6 Å². The van der Waals surface area contributed by atoms with Gasteiger partial charge in [0.2, 0.25) is 10.0 Å². The molecular formula is C14H25N3O3S. The van der Waals surface area contributed by atoms with Crippen LogP contribution in [-0.4, -0.2) is 43.6 Å². The quantitative estimate of drug-likeness (QED) is 0.798. The van der Waals surface area contributed by atoms with Crippen LogP contribution in [0.5, 0.6) is 0 Å². The Morgan fingerprint density at radius 3 is 2.90 bits per heavy atom. The molecule has 1 saturated heterocycles. The maximum absolute atomic E-state index is 12.2. The van der Waals surface area contributed by atoms with E-state index in [1.165, 1.54) is 0 Å². The first-order valence-electron chi connectivity index (χ1n) is 7.46. The van der Waals surface area contributed by atoms with Crippen molar-refractivity contribution in [3.63, 3.8) is 0 Å². The lowest BCUT2D eigenvalue weighted by atomic mass is 9.84. The number of ether oxygens (including phenoxy) is 1. The minimum atomic E-state index is -3.30. The lowest BCUT2D eigenvalue weighted by Crippen LogP contribution is -2.43. The molecule has 0 saturated carbocycles. The summed E-state index contributed by atoms with van der Waals surface area (Å²) >= 11 is 0. The van der Waals surface area contributed by atoms with Crippen molar-refractivity contribution in [2.24, 2.45) is 5.41 Å². The second-order valence-electron chi connectivity index (χ2n) is 6.35. The van der Waals surface area contributed by atoms with Crippen LogP contribution in [-0.2, 0) is 21.2 Å². The summed E-state index contributed by atoms with van der Waals surface area (Å²) < 4.78 is 32.9. The summed E-state index contributed by atoms with van der Waals surface area (Å²) in [6, 6.07) is 0. The van der Waals surface area contributed by atoms with Crippen molar-refractivity contribution in [3.05, 3.63) is 18.0 Å². The molecule has 1 atom stereocenters. The average Bonchev–Trinajstić information content (AvgIpc) is 2.91. The number of aromatic amines is 1. The fraction of sp³-hybridized carbons (Fsp3) is 0.786. The summed E-state index contributed by atoms with van der Waals surface area (Å²) in [6.07, 6.45) is 7.26. The van der Waals surface area contributed by atoms with E-state index in [9.17, 15) is 8.42 Å². The van der Waals surface area contributed by atoms with Gasteiger partial charge < -0.3 is 4.74 Å². The zero-order valence-corrected chi connectivity index (χ0v) is 13.6. The molecule has 0 spiro atoms. The number of hydrogen-bond acceptors (Lipinski definition) is 4. The molecule has 1 aliphatic rings. The molecule has 1 aromatic rings. The van der Waals surface area contributed by atoms with E-state index in [2.05, 4.69) is 14.9 Å². The average molecular weight is 315 g/mol. The zero-order valence-electron chi connectivity index (χ0n) is 12.8. The third-order valence-corrected chi connectivity index (χ3v) is 5.67. The summed E-state index contributed by atoms with van der Waals surface area (Å²) in [6.45, 7) is 5.07. The van der Waals surface area contributed by atoms with Crippen LogP contribution < -0.4 is 4.72 Å². The van der Waals surface area contributed by atoms with E-state index < -0.39 is 10.0 Å². The van der Waals surface area contributed by atoms with Crippen molar-refractivity contribution in [3.8, 4) is 0 Å². The molecule has 6 nitrogen and oxygen atoms in total. The van der Waals surface area contributed by atoms with Gasteiger partial charge in [0, 0.05) is 24.8 Å². The molecule has 0 radical (unpaired) electrons. The molecule has 0 amide bonds. The van der Waals surface area contributed by atoms with Gasteiger partial charge in [0.25, 0.3) is 0 Å². The Hall–Kier alpha value is -0.920. The van der Waals surface area contributed by atoms with Gasteiger partial charge in [0.15, 0.2) is 0 Å². The SMILES string of the molecule is CC(C)(CS(=O)(=O)NCCc1cn[nH]c1)C1CCCCO1. The third-order valence-electron chi connectivity index (χ3n) is 3.90. The van der Waals surface area contributed by atoms with E-state index >= 15 is 0 Å². The maximum atomic E-state index is 12.2. The van der Waals surface area contributed by atoms with Crippen LogP contribution in [0.25, 0.3) is 0 Å². The van der Waals surface area contributed by atoms with Crippen LogP contribution in [0.15, 0.2) is 12.4 Å². The Labute approximate surface area is 126 Å². The molecule has 1 aliphatic heterocycles. The van der Waals surface area contributed by atoms with Gasteiger partial charge in [-0.25, -0.2) is 13.1 Å². The van der Waals surface area contributed by atoms with Gasteiger partial charge in [-0.3, -0.25) is 5.10 Å². The molecule has 2 N–H and O–H groups in total. The fourth-order valence-corrected chi connectivity index (χ4v) is 4.44. The Balaban J connectivity index is 1.84. The van der Waals surface area contributed by atoms with E-state index in [1.54, 1.807) is 12.4 Å². The lowest BCUT2D eigenvalue weighted by molar-refractivity contribution is -0.0461. The minimum Gasteiger partial charge on any atom is -0.378 e. The van der Waals surface area contributed by atoms with Crippen LogP contribution in [0.2, 0.25) is 0 Å². The van der Waals surface area contributed by atoms with Gasteiger partial charge in [-0.2, -0.15) is 5.10 Å². The molecule has 120 valence electrons. The first kappa shape index (κ1) is 16.5. The molecule has 21 heavy (non-hydrogen) atoms. The number of sulfonamides is 1. The van der Waals surface area contributed by atoms with Crippen LogP contribution in [0.3, 0.4) is 0 Å². The smallest absolute Gasteiger partial charge is 0.212 e. The molecule has 1 aromatic heterocycles. The highest BCUT2D eigenvalue weighted by Gasteiger charge is 2.35. The van der Waals surface area contributed by atoms with E-state index in [1.807, 2.05) is 13.8 Å². The van der Waals surface area contributed by atoms with Crippen molar-refractivity contribution >= 4 is 10.0 Å². The molecule has 0 bridgehead atoms. The van der Waals surface area contributed by atoms with E-state index in [-0.39, 0.29) is 17.3 Å². The molecule has 0 aliphatic carbocycles. The largest absolute Gasteiger partial charge is 0.378 e. The Morgan fingerprint density at radius 2 is 2.29 bits per heavy atom. The van der Waals surface area contributed by atoms with Crippen LogP contribution in [0.4, 0.5) is 0 Å². The van der Waals surface area contributed by atoms with E-state index in [4.69, 9.17) is 4.74 Å². The third kappa shape index (κ3) is 5.09. The number of rotatable bonds is 7. The van der Waals surface area contributed by atoms with Gasteiger partial charge in [0.05, 0.1) is 18.1 Å². The monoisotopic (exact) mass is 315 g/mol. The Morgan fingerprint density at radius 1 is 1.48 bits per heavy atom. The van der Waals surface area contributed by atoms with Crippen LogP contribution in [0.1, 0.15) is 38.7 Å². The Kier molecular flexibility index (Phi) is 5.40. The molecule has 0 aromatic carbocycles. The molecular weight excluding hydrogens is 290 g/mol. The maximum Gasteiger partial charge on any atom is 0.212 e. The lowest BCUT2D eigenvalue weighted by Gasteiger charge is -2.36. The number of hydrogen-bond donors (Lipinski definition) is 2. The van der Waals surface area contributed by atoms with Crippen molar-refractivity contribution in [1.29, 1.82) is 0 Å². The second-order valence-corrected chi connectivity index (χ2v) is 8.16. The topological polar surface area (TPSA) is 84.1 Å². The zero-order chi connectivity index (χ0) is 15.3. The fourth-order valence-electron chi connectivity index (χ4n) is 2.76. The standard InChI is InChI=1S/C14H25N3O3S/c1-14(2,13-5-3-4-8-20-13)11-21(18,19)17-7-6-12-9-15-16-10-12/h9-10,13,17H,3-8,11H2,1-2H3,(H,15,16). The summed E-state index contributed by atoms with van der Waals surface area (Å²) in [5.74, 6) is 0.0933. The summed E-state index contributed by atoms with van der Waals surface area (Å²) in [5, 5.41) is 6.55. The number of H-pyrrole nitrogens is 1. The second kappa shape index (κ2) is 6.89. The first-order chi connectivity index (χ1) is 9.89. The van der Waals surface area contributed by atoms with E-state index in [0.717, 1.165) is 31.4 Å². The van der Waals surface area contributed by atoms with Gasteiger partial charge in [-0.15, -0.1) is 0 Å². The minimum absolute atomic E-state index is 0.0247. The molecule has 2 rings (SSSR count). The predicted molar refractivity (Wildman–Crippen MR) is 81.5 cm³/mol. The Bertz CT molecular complexity index is 520. The highest BCUT2D eigenvalue weighted by atomic mass is 32.2. The first-order valence-corrected chi connectivity index (χ1v) is 9.11. The summed E-state index contributed by atoms with van der Waals surface area (Å²) in [7, 11) is -3.30. The summed E-state index contributed by atoms with van der Waals surface area (Å²) in [4.78, 5) is 0. The summed E-state index contributed by atoms with van der Waals surface area (Å²) in [5.41, 5.74) is 0.620. The van der Waals surface area contributed by atoms with Crippen molar-refractivity contribution < 1.29 is 13.2 Å². The van der Waals surface area contributed by atoms with Gasteiger partial charge in [-0.1, -0.05) is 13.8 Å². The number of nitrogens with zero attached hydrogens (tertiary/aromatic N) is 1. The number of nitrogens with one attached hydrogen (secondary N) is 2. The normalized spacial score (nSPS) is 20.6. The van der Waals surface area contributed by atoms with Gasteiger partial charge in [-0.05, 0) is 31.2 Å². The highest BCUT2D eigenvalue weighted by molar-refractivity contribution is 7.89. The molecule has 1 unspecified atom stereocenters. The van der Waals surface area contributed by atoms with Gasteiger partial charge in [0.1, 0.15) is 0 Å². The number of aromatic nitrogens is 2. The van der Waals surface area contributed by atoms with Crippen molar-refractivity contribution in [1.82, 2.24) is 14.9 Å². The van der Waals surface area contributed by atoms with E-state index in [0.29, 0.717) is 13.0 Å². The molecule has 7 heteroatoms. The van der Waals surface area contributed by atoms with Crippen LogP contribution in [0, 0.1) is 5.41 Å². The van der Waals surface area contributed by atoms with Crippen LogP contribution >= 0.6 is 0 Å². The molecule has 2 heterocycles. The van der Waals surface area contributed by atoms with Gasteiger partial charge >= 0.3 is 0 Å². The highest BCUT2D eigenvalue weighted by Crippen LogP contribution is 2.31. The van der Waals surface area contributed by atoms with Crippen molar-refractivity contribution in [2.75, 3.05) is 18.9 Å². The predicted octanol–water partition coefficient (Wildman–Crippen LogP) is 1.47.